The van der Waals surface area contributed by atoms with Gasteiger partial charge in [0.2, 0.25) is 5.95 Å². The molecule has 1 heterocycles. The zero-order chi connectivity index (χ0) is 9.68. The average Bonchev–Trinajstić information content (AvgIpc) is 2.04. The Hall–Kier alpha value is -1.63. The van der Waals surface area contributed by atoms with Crippen molar-refractivity contribution in [2.24, 2.45) is 0 Å². The van der Waals surface area contributed by atoms with Crippen LogP contribution in [0.4, 0.5) is 10.2 Å². The number of aromatic nitrogens is 2. The van der Waals surface area contributed by atoms with Gasteiger partial charge in [-0.05, 0) is 6.92 Å². The van der Waals surface area contributed by atoms with E-state index in [1.807, 2.05) is 6.92 Å². The minimum Gasteiger partial charge on any atom is -0.366 e. The summed E-state index contributed by atoms with van der Waals surface area (Å²) in [5.41, 5.74) is 0. The number of hydrogen-bond acceptors (Lipinski definition) is 3. The first-order valence-electron chi connectivity index (χ1n) is 3.90. The molecule has 0 saturated carbocycles. The van der Waals surface area contributed by atoms with Gasteiger partial charge in [-0.2, -0.15) is 4.39 Å². The Morgan fingerprint density at radius 2 is 2.46 bits per heavy atom. The second-order valence-corrected chi connectivity index (χ2v) is 2.68. The van der Waals surface area contributed by atoms with Crippen LogP contribution in [0.25, 0.3) is 0 Å². The molecule has 0 spiro atoms. The first kappa shape index (κ1) is 9.46. The van der Waals surface area contributed by atoms with Gasteiger partial charge in [0.25, 0.3) is 0 Å². The Labute approximate surface area is 76.4 Å². The zero-order valence-electron chi connectivity index (χ0n) is 7.29. The molecule has 3 nitrogen and oxygen atoms in total. The zero-order valence-corrected chi connectivity index (χ0v) is 7.29. The van der Waals surface area contributed by atoms with Crippen LogP contribution in [0, 0.1) is 18.3 Å². The number of nitrogens with one attached hydrogen (secondary N) is 1. The highest BCUT2D eigenvalue weighted by Crippen LogP contribution is 2.05. The molecule has 1 aromatic heterocycles. The highest BCUT2D eigenvalue weighted by atomic mass is 19.1. The lowest BCUT2D eigenvalue weighted by Gasteiger charge is -2.10. The van der Waals surface area contributed by atoms with E-state index in [1.54, 1.807) is 0 Å². The summed E-state index contributed by atoms with van der Waals surface area (Å²) in [6, 6.07) is 1.31. The molecule has 0 aromatic carbocycles. The molecule has 0 bridgehead atoms. The molecule has 0 aliphatic rings. The molecule has 0 saturated heterocycles. The normalized spacial score (nSPS) is 11.8. The standard InChI is InChI=1S/C9H10FN3/c1-3-4-7(2)13-9-5-8(10)11-6-12-9/h1,5-7H,4H2,2H3,(H,11,12,13). The Bertz CT molecular complexity index is 319. The number of terminal acetylenes is 1. The van der Waals surface area contributed by atoms with Crippen LogP contribution in [0.2, 0.25) is 0 Å². The van der Waals surface area contributed by atoms with Crippen molar-refractivity contribution in [2.75, 3.05) is 5.32 Å². The van der Waals surface area contributed by atoms with E-state index in [-0.39, 0.29) is 6.04 Å². The van der Waals surface area contributed by atoms with Crippen LogP contribution in [-0.2, 0) is 0 Å². The lowest BCUT2D eigenvalue weighted by Crippen LogP contribution is -2.15. The molecular weight excluding hydrogens is 169 g/mol. The minimum absolute atomic E-state index is 0.0827. The number of rotatable bonds is 3. The summed E-state index contributed by atoms with van der Waals surface area (Å²) in [5.74, 6) is 2.41. The van der Waals surface area contributed by atoms with Gasteiger partial charge in [0.1, 0.15) is 12.1 Å². The lowest BCUT2D eigenvalue weighted by molar-refractivity contribution is 0.579. The average molecular weight is 179 g/mol. The monoisotopic (exact) mass is 179 g/mol. The molecular formula is C9H10FN3. The number of hydrogen-bond donors (Lipinski definition) is 1. The summed E-state index contributed by atoms with van der Waals surface area (Å²) < 4.78 is 12.6. The van der Waals surface area contributed by atoms with Gasteiger partial charge in [-0.15, -0.1) is 12.3 Å². The molecule has 13 heavy (non-hydrogen) atoms. The van der Waals surface area contributed by atoms with Gasteiger partial charge in [0, 0.05) is 18.5 Å². The highest BCUT2D eigenvalue weighted by Gasteiger charge is 2.01. The fourth-order valence-electron chi connectivity index (χ4n) is 0.893. The van der Waals surface area contributed by atoms with Gasteiger partial charge in [0.15, 0.2) is 0 Å². The van der Waals surface area contributed by atoms with Crippen LogP contribution < -0.4 is 5.32 Å². The predicted molar refractivity (Wildman–Crippen MR) is 48.5 cm³/mol. The Morgan fingerprint density at radius 1 is 1.69 bits per heavy atom. The van der Waals surface area contributed by atoms with Crippen LogP contribution in [0.1, 0.15) is 13.3 Å². The van der Waals surface area contributed by atoms with Gasteiger partial charge in [0.05, 0.1) is 0 Å². The van der Waals surface area contributed by atoms with Crippen molar-refractivity contribution < 1.29 is 4.39 Å². The van der Waals surface area contributed by atoms with Gasteiger partial charge >= 0.3 is 0 Å². The molecule has 1 aromatic rings. The van der Waals surface area contributed by atoms with E-state index in [2.05, 4.69) is 21.2 Å². The number of anilines is 1. The van der Waals surface area contributed by atoms with E-state index in [1.165, 1.54) is 12.4 Å². The maximum absolute atomic E-state index is 12.6. The SMILES string of the molecule is C#CCC(C)Nc1cc(F)ncn1. The van der Waals surface area contributed by atoms with E-state index >= 15 is 0 Å². The van der Waals surface area contributed by atoms with Gasteiger partial charge in [-0.25, -0.2) is 9.97 Å². The van der Waals surface area contributed by atoms with Crippen LogP contribution in [0.15, 0.2) is 12.4 Å². The molecule has 1 unspecified atom stereocenters. The van der Waals surface area contributed by atoms with Crippen molar-refractivity contribution in [2.45, 2.75) is 19.4 Å². The topological polar surface area (TPSA) is 37.8 Å². The molecule has 0 radical (unpaired) electrons. The van der Waals surface area contributed by atoms with Gasteiger partial charge < -0.3 is 5.32 Å². The van der Waals surface area contributed by atoms with Crippen molar-refractivity contribution in [3.05, 3.63) is 18.3 Å². The van der Waals surface area contributed by atoms with Crippen LogP contribution in [0.5, 0.6) is 0 Å². The fraction of sp³-hybridized carbons (Fsp3) is 0.333. The summed E-state index contributed by atoms with van der Waals surface area (Å²) in [6.45, 7) is 1.90. The lowest BCUT2D eigenvalue weighted by atomic mass is 10.2. The molecule has 1 atom stereocenters. The third kappa shape index (κ3) is 3.08. The molecule has 68 valence electrons. The summed E-state index contributed by atoms with van der Waals surface area (Å²) in [6.07, 6.45) is 6.86. The van der Waals surface area contributed by atoms with Crippen molar-refractivity contribution in [3.8, 4) is 12.3 Å². The Kier molecular flexibility index (Phi) is 3.21. The van der Waals surface area contributed by atoms with Crippen molar-refractivity contribution in [1.82, 2.24) is 9.97 Å². The van der Waals surface area contributed by atoms with E-state index in [4.69, 9.17) is 6.42 Å². The van der Waals surface area contributed by atoms with Gasteiger partial charge in [-0.3, -0.25) is 0 Å². The van der Waals surface area contributed by atoms with E-state index in [0.29, 0.717) is 12.2 Å². The van der Waals surface area contributed by atoms with Crippen molar-refractivity contribution in [3.63, 3.8) is 0 Å². The van der Waals surface area contributed by atoms with Gasteiger partial charge in [-0.1, -0.05) is 0 Å². The summed E-state index contributed by atoms with van der Waals surface area (Å²) in [4.78, 5) is 7.17. The molecule has 1 rings (SSSR count). The summed E-state index contributed by atoms with van der Waals surface area (Å²) in [7, 11) is 0. The quantitative estimate of drug-likeness (QED) is 0.563. The second-order valence-electron chi connectivity index (χ2n) is 2.68. The minimum atomic E-state index is -0.551. The number of halogens is 1. The smallest absolute Gasteiger partial charge is 0.217 e. The van der Waals surface area contributed by atoms with Crippen LogP contribution in [0.3, 0.4) is 0 Å². The largest absolute Gasteiger partial charge is 0.366 e. The summed E-state index contributed by atoms with van der Waals surface area (Å²) in [5, 5.41) is 2.95. The molecule has 0 amide bonds. The third-order valence-electron chi connectivity index (χ3n) is 1.45. The molecule has 0 aliphatic carbocycles. The van der Waals surface area contributed by atoms with Crippen LogP contribution >= 0.6 is 0 Å². The maximum Gasteiger partial charge on any atom is 0.217 e. The predicted octanol–water partition coefficient (Wildman–Crippen LogP) is 1.44. The summed E-state index contributed by atoms with van der Waals surface area (Å²) >= 11 is 0. The molecule has 4 heteroatoms. The molecule has 0 fully saturated rings. The van der Waals surface area contributed by atoms with Crippen molar-refractivity contribution in [1.29, 1.82) is 0 Å². The van der Waals surface area contributed by atoms with E-state index in [0.717, 1.165) is 0 Å². The number of nitrogens with zero attached hydrogens (tertiary/aromatic N) is 2. The fourth-order valence-corrected chi connectivity index (χ4v) is 0.893. The second kappa shape index (κ2) is 4.41. The Morgan fingerprint density at radius 3 is 3.08 bits per heavy atom. The maximum atomic E-state index is 12.6. The molecule has 0 aliphatic heterocycles. The highest BCUT2D eigenvalue weighted by molar-refractivity contribution is 5.33. The third-order valence-corrected chi connectivity index (χ3v) is 1.45. The van der Waals surface area contributed by atoms with Crippen molar-refractivity contribution >= 4 is 5.82 Å². The Balaban J connectivity index is 2.59. The first-order valence-corrected chi connectivity index (χ1v) is 3.90. The van der Waals surface area contributed by atoms with E-state index in [9.17, 15) is 4.39 Å². The van der Waals surface area contributed by atoms with E-state index < -0.39 is 5.95 Å². The molecule has 1 N–H and O–H groups in total. The first-order chi connectivity index (χ1) is 6.22. The van der Waals surface area contributed by atoms with Crippen LogP contribution in [-0.4, -0.2) is 16.0 Å².